The summed E-state index contributed by atoms with van der Waals surface area (Å²) in [7, 11) is 0. The van der Waals surface area contributed by atoms with Gasteiger partial charge in [0.15, 0.2) is 5.78 Å². The number of ketones is 1. The smallest absolute Gasteiger partial charge is 0.167 e. The van der Waals surface area contributed by atoms with E-state index in [9.17, 15) is 9.90 Å². The zero-order valence-corrected chi connectivity index (χ0v) is 7.98. The molecule has 0 bridgehead atoms. The van der Waals surface area contributed by atoms with Crippen LogP contribution in [-0.2, 0) is 4.79 Å². The molecule has 70 valence electrons. The van der Waals surface area contributed by atoms with Crippen molar-refractivity contribution in [3.05, 3.63) is 0 Å². The molecule has 0 saturated carbocycles. The van der Waals surface area contributed by atoms with Gasteiger partial charge in [-0.1, -0.05) is 20.8 Å². The lowest BCUT2D eigenvalue weighted by atomic mass is 9.81. The Hall–Kier alpha value is -0.410. The van der Waals surface area contributed by atoms with Crippen molar-refractivity contribution in [3.8, 4) is 0 Å². The third-order valence-electron chi connectivity index (χ3n) is 2.04. The van der Waals surface area contributed by atoms with Crippen molar-refractivity contribution in [1.82, 2.24) is 5.32 Å². The number of aliphatic hydroxyl groups is 1. The molecule has 0 radical (unpaired) electrons. The van der Waals surface area contributed by atoms with Crippen LogP contribution in [-0.4, -0.2) is 29.6 Å². The Balaban J connectivity index is 2.49. The maximum Gasteiger partial charge on any atom is 0.167 e. The van der Waals surface area contributed by atoms with Crippen LogP contribution in [0, 0.1) is 5.41 Å². The maximum absolute atomic E-state index is 11.5. The van der Waals surface area contributed by atoms with Gasteiger partial charge in [-0.05, 0) is 5.41 Å². The fraction of sp³-hybridized carbons (Fsp3) is 0.889. The van der Waals surface area contributed by atoms with Crippen molar-refractivity contribution in [3.63, 3.8) is 0 Å². The number of hydrogen-bond acceptors (Lipinski definition) is 3. The Morgan fingerprint density at radius 1 is 1.50 bits per heavy atom. The van der Waals surface area contributed by atoms with Gasteiger partial charge in [0.05, 0.1) is 0 Å². The third-order valence-corrected chi connectivity index (χ3v) is 2.04. The summed E-state index contributed by atoms with van der Waals surface area (Å²) in [6.07, 6.45) is 0.450. The van der Waals surface area contributed by atoms with Crippen LogP contribution in [0.2, 0.25) is 0 Å². The number of carbonyl (C=O) groups is 1. The van der Waals surface area contributed by atoms with Gasteiger partial charge in [-0.15, -0.1) is 0 Å². The summed E-state index contributed by atoms with van der Waals surface area (Å²) in [5.74, 6) is -0.0336. The molecule has 0 aromatic carbocycles. The predicted molar refractivity (Wildman–Crippen MR) is 46.9 cm³/mol. The van der Waals surface area contributed by atoms with E-state index in [-0.39, 0.29) is 11.2 Å². The molecule has 0 spiro atoms. The van der Waals surface area contributed by atoms with E-state index in [0.717, 1.165) is 0 Å². The Morgan fingerprint density at radius 2 is 2.00 bits per heavy atom. The Labute approximate surface area is 73.2 Å². The molecular formula is C9H17NO2. The van der Waals surface area contributed by atoms with Gasteiger partial charge in [0.25, 0.3) is 0 Å². The molecule has 1 rings (SSSR count). The fourth-order valence-electron chi connectivity index (χ4n) is 1.21. The van der Waals surface area contributed by atoms with Crippen molar-refractivity contribution in [2.75, 3.05) is 13.1 Å². The molecule has 12 heavy (non-hydrogen) atoms. The van der Waals surface area contributed by atoms with Gasteiger partial charge >= 0.3 is 0 Å². The molecule has 1 aliphatic heterocycles. The summed E-state index contributed by atoms with van der Waals surface area (Å²) in [4.78, 5) is 11.5. The van der Waals surface area contributed by atoms with Gasteiger partial charge in [0.1, 0.15) is 5.60 Å². The summed E-state index contributed by atoms with van der Waals surface area (Å²) in [5.41, 5.74) is -1.09. The molecule has 3 nitrogen and oxygen atoms in total. The van der Waals surface area contributed by atoms with Gasteiger partial charge in [0, 0.05) is 19.5 Å². The number of rotatable bonds is 2. The van der Waals surface area contributed by atoms with Gasteiger partial charge in [-0.2, -0.15) is 0 Å². The van der Waals surface area contributed by atoms with Crippen LogP contribution in [0.25, 0.3) is 0 Å². The minimum atomic E-state index is -1.06. The number of Topliss-reactive ketones (excluding diaryl/α,β-unsaturated/α-hetero) is 1. The summed E-state index contributed by atoms with van der Waals surface area (Å²) in [6, 6.07) is 0. The zero-order valence-electron chi connectivity index (χ0n) is 7.98. The lowest BCUT2D eigenvalue weighted by Crippen LogP contribution is -2.64. The first kappa shape index (κ1) is 9.68. The lowest BCUT2D eigenvalue weighted by Gasteiger charge is -2.37. The Bertz CT molecular complexity index is 189. The summed E-state index contributed by atoms with van der Waals surface area (Å²) in [6.45, 7) is 6.84. The number of hydrogen-bond donors (Lipinski definition) is 2. The quantitative estimate of drug-likeness (QED) is 0.629. The van der Waals surface area contributed by atoms with Crippen molar-refractivity contribution in [1.29, 1.82) is 0 Å². The first-order valence-corrected chi connectivity index (χ1v) is 4.30. The van der Waals surface area contributed by atoms with E-state index >= 15 is 0 Å². The second kappa shape index (κ2) is 2.82. The first-order chi connectivity index (χ1) is 5.33. The highest BCUT2D eigenvalue weighted by atomic mass is 16.3. The topological polar surface area (TPSA) is 49.3 Å². The molecule has 0 amide bonds. The van der Waals surface area contributed by atoms with Crippen LogP contribution in [0.4, 0.5) is 0 Å². The molecule has 0 unspecified atom stereocenters. The fourth-order valence-corrected chi connectivity index (χ4v) is 1.21. The summed E-state index contributed by atoms with van der Waals surface area (Å²) < 4.78 is 0. The molecular weight excluding hydrogens is 154 g/mol. The SMILES string of the molecule is CC(C)(C)CC(=O)C1(O)CNC1. The Morgan fingerprint density at radius 3 is 2.25 bits per heavy atom. The average molecular weight is 171 g/mol. The Kier molecular flexibility index (Phi) is 2.27. The number of carbonyl (C=O) groups excluding carboxylic acids is 1. The second-order valence-corrected chi connectivity index (χ2v) is 4.80. The van der Waals surface area contributed by atoms with E-state index in [0.29, 0.717) is 19.5 Å². The van der Waals surface area contributed by atoms with E-state index < -0.39 is 5.60 Å². The van der Waals surface area contributed by atoms with E-state index in [2.05, 4.69) is 5.32 Å². The highest BCUT2D eigenvalue weighted by Gasteiger charge is 2.42. The maximum atomic E-state index is 11.5. The van der Waals surface area contributed by atoms with Crippen molar-refractivity contribution in [2.45, 2.75) is 32.8 Å². The average Bonchev–Trinajstić information content (AvgIpc) is 1.78. The highest BCUT2D eigenvalue weighted by Crippen LogP contribution is 2.24. The third kappa shape index (κ3) is 2.05. The standard InChI is InChI=1S/C9H17NO2/c1-8(2,3)4-7(11)9(12)5-10-6-9/h10,12H,4-6H2,1-3H3. The normalized spacial score (nSPS) is 21.7. The van der Waals surface area contributed by atoms with E-state index in [4.69, 9.17) is 0 Å². The predicted octanol–water partition coefficient (Wildman–Crippen LogP) is 0.326. The molecule has 2 N–H and O–H groups in total. The van der Waals surface area contributed by atoms with Crippen LogP contribution in [0.15, 0.2) is 0 Å². The number of nitrogens with one attached hydrogen (secondary N) is 1. The highest BCUT2D eigenvalue weighted by molar-refractivity contribution is 5.89. The molecule has 1 aliphatic rings. The van der Waals surface area contributed by atoms with Crippen LogP contribution in [0.3, 0.4) is 0 Å². The number of β-amino-alcohol motifs (C(OH)–C–C–N with tert-alkyl or cyclic N) is 1. The summed E-state index contributed by atoms with van der Waals surface area (Å²) >= 11 is 0. The molecule has 0 atom stereocenters. The molecule has 0 aromatic rings. The molecule has 0 aliphatic carbocycles. The summed E-state index contributed by atoms with van der Waals surface area (Å²) in [5, 5.41) is 12.5. The molecule has 1 heterocycles. The van der Waals surface area contributed by atoms with Gasteiger partial charge in [-0.25, -0.2) is 0 Å². The van der Waals surface area contributed by atoms with Crippen LogP contribution >= 0.6 is 0 Å². The van der Waals surface area contributed by atoms with Gasteiger partial charge in [0.2, 0.25) is 0 Å². The molecule has 0 aromatic heterocycles. The van der Waals surface area contributed by atoms with Gasteiger partial charge < -0.3 is 10.4 Å². The van der Waals surface area contributed by atoms with Crippen LogP contribution < -0.4 is 5.32 Å². The van der Waals surface area contributed by atoms with Crippen molar-refractivity contribution < 1.29 is 9.90 Å². The first-order valence-electron chi connectivity index (χ1n) is 4.30. The molecule has 1 saturated heterocycles. The molecule has 3 heteroatoms. The minimum absolute atomic E-state index is 0.0254. The van der Waals surface area contributed by atoms with Crippen molar-refractivity contribution >= 4 is 5.78 Å². The zero-order chi connectivity index (χ0) is 9.41. The second-order valence-electron chi connectivity index (χ2n) is 4.80. The largest absolute Gasteiger partial charge is 0.379 e. The van der Waals surface area contributed by atoms with E-state index in [1.54, 1.807) is 0 Å². The van der Waals surface area contributed by atoms with Crippen LogP contribution in [0.5, 0.6) is 0 Å². The van der Waals surface area contributed by atoms with E-state index in [1.807, 2.05) is 20.8 Å². The molecule has 1 fully saturated rings. The van der Waals surface area contributed by atoms with Crippen LogP contribution in [0.1, 0.15) is 27.2 Å². The minimum Gasteiger partial charge on any atom is -0.379 e. The van der Waals surface area contributed by atoms with E-state index in [1.165, 1.54) is 0 Å². The van der Waals surface area contributed by atoms with Gasteiger partial charge in [-0.3, -0.25) is 4.79 Å². The van der Waals surface area contributed by atoms with Crippen molar-refractivity contribution in [2.24, 2.45) is 5.41 Å². The lowest BCUT2D eigenvalue weighted by molar-refractivity contribution is -0.144. The monoisotopic (exact) mass is 171 g/mol.